The first-order valence-corrected chi connectivity index (χ1v) is 8.79. The van der Waals surface area contributed by atoms with E-state index in [1.54, 1.807) is 0 Å². The number of fused-ring (bicyclic) bond motifs is 3. The van der Waals surface area contributed by atoms with Crippen molar-refractivity contribution in [3.8, 4) is 11.1 Å². The van der Waals surface area contributed by atoms with Gasteiger partial charge in [-0.25, -0.2) is 9.59 Å². The van der Waals surface area contributed by atoms with Gasteiger partial charge in [0.25, 0.3) is 0 Å². The summed E-state index contributed by atoms with van der Waals surface area (Å²) in [6.07, 6.45) is 0.803. The Kier molecular flexibility index (Phi) is 4.71. The highest BCUT2D eigenvalue weighted by molar-refractivity contribution is 6.29. The Balaban J connectivity index is 1.38. The summed E-state index contributed by atoms with van der Waals surface area (Å²) < 4.78 is 10.2. The molecule has 1 aliphatic rings. The molecule has 0 bridgehead atoms. The summed E-state index contributed by atoms with van der Waals surface area (Å²) in [4.78, 5) is 23.8. The average Bonchev–Trinajstić information content (AvgIpc) is 3.10. The van der Waals surface area contributed by atoms with Crippen molar-refractivity contribution in [1.82, 2.24) is 0 Å². The van der Waals surface area contributed by atoms with Crippen LogP contribution in [-0.4, -0.2) is 11.9 Å². The third-order valence-corrected chi connectivity index (χ3v) is 4.69. The predicted octanol–water partition coefficient (Wildman–Crippen LogP) is 4.04. The number of benzene rings is 3. The fraction of sp³-hybridized carbons (Fsp3) is 0.130. The SMILES string of the molecule is O=C(OCc1ccccc1)C(=O)OCc1cccc2c1Cc1ccccc1-2. The lowest BCUT2D eigenvalue weighted by Crippen LogP contribution is -2.20. The zero-order chi connectivity index (χ0) is 18.6. The van der Waals surface area contributed by atoms with E-state index in [2.05, 4.69) is 18.2 Å². The van der Waals surface area contributed by atoms with Gasteiger partial charge in [-0.3, -0.25) is 0 Å². The molecule has 0 atom stereocenters. The largest absolute Gasteiger partial charge is 0.452 e. The van der Waals surface area contributed by atoms with E-state index in [9.17, 15) is 9.59 Å². The molecule has 3 aromatic rings. The van der Waals surface area contributed by atoms with Gasteiger partial charge in [0.1, 0.15) is 13.2 Å². The van der Waals surface area contributed by atoms with Gasteiger partial charge in [-0.15, -0.1) is 0 Å². The third kappa shape index (κ3) is 3.60. The molecule has 4 heteroatoms. The molecule has 0 saturated carbocycles. The van der Waals surface area contributed by atoms with Crippen LogP contribution in [0.1, 0.15) is 22.3 Å². The molecule has 4 nitrogen and oxygen atoms in total. The fourth-order valence-electron chi connectivity index (χ4n) is 3.34. The molecule has 1 aliphatic carbocycles. The molecule has 134 valence electrons. The van der Waals surface area contributed by atoms with Gasteiger partial charge in [0.2, 0.25) is 0 Å². The van der Waals surface area contributed by atoms with Crippen LogP contribution in [0, 0.1) is 0 Å². The van der Waals surface area contributed by atoms with Gasteiger partial charge < -0.3 is 9.47 Å². The Labute approximate surface area is 157 Å². The van der Waals surface area contributed by atoms with Gasteiger partial charge in [-0.05, 0) is 39.8 Å². The van der Waals surface area contributed by atoms with Crippen molar-refractivity contribution in [2.75, 3.05) is 0 Å². The van der Waals surface area contributed by atoms with E-state index >= 15 is 0 Å². The van der Waals surface area contributed by atoms with Crippen LogP contribution in [0.4, 0.5) is 0 Å². The van der Waals surface area contributed by atoms with Crippen molar-refractivity contribution in [2.45, 2.75) is 19.6 Å². The van der Waals surface area contributed by atoms with E-state index < -0.39 is 11.9 Å². The number of carbonyl (C=O) groups is 2. The number of rotatable bonds is 4. The van der Waals surface area contributed by atoms with Crippen LogP contribution >= 0.6 is 0 Å². The van der Waals surface area contributed by atoms with Crippen molar-refractivity contribution >= 4 is 11.9 Å². The second kappa shape index (κ2) is 7.46. The first-order chi connectivity index (χ1) is 13.2. The molecule has 0 unspecified atom stereocenters. The van der Waals surface area contributed by atoms with Gasteiger partial charge in [-0.2, -0.15) is 0 Å². The minimum atomic E-state index is -0.977. The lowest BCUT2D eigenvalue weighted by atomic mass is 10.0. The van der Waals surface area contributed by atoms with Crippen molar-refractivity contribution in [1.29, 1.82) is 0 Å². The van der Waals surface area contributed by atoms with Crippen LogP contribution in [0.15, 0.2) is 72.8 Å². The fourth-order valence-corrected chi connectivity index (χ4v) is 3.34. The number of carbonyl (C=O) groups excluding carboxylic acids is 2. The molecule has 0 aromatic heterocycles. The van der Waals surface area contributed by atoms with E-state index in [0.717, 1.165) is 28.7 Å². The highest BCUT2D eigenvalue weighted by atomic mass is 16.6. The normalized spacial score (nSPS) is 11.4. The maximum Gasteiger partial charge on any atom is 0.417 e. The molecule has 0 spiro atoms. The first-order valence-electron chi connectivity index (χ1n) is 8.79. The molecular formula is C23H18O4. The molecule has 0 radical (unpaired) electrons. The summed E-state index contributed by atoms with van der Waals surface area (Å²) in [5, 5.41) is 0. The average molecular weight is 358 g/mol. The minimum Gasteiger partial charge on any atom is -0.452 e. The van der Waals surface area contributed by atoms with Crippen LogP contribution in [-0.2, 0) is 38.7 Å². The van der Waals surface area contributed by atoms with Crippen molar-refractivity contribution in [3.05, 3.63) is 95.1 Å². The molecule has 0 aliphatic heterocycles. The van der Waals surface area contributed by atoms with Gasteiger partial charge in [-0.1, -0.05) is 72.8 Å². The highest BCUT2D eigenvalue weighted by Crippen LogP contribution is 2.38. The number of hydrogen-bond acceptors (Lipinski definition) is 4. The smallest absolute Gasteiger partial charge is 0.417 e. The Morgan fingerprint density at radius 3 is 2.19 bits per heavy atom. The Bertz CT molecular complexity index is 992. The summed E-state index contributed by atoms with van der Waals surface area (Å²) in [5.74, 6) is -1.95. The molecule has 0 saturated heterocycles. The monoisotopic (exact) mass is 358 g/mol. The predicted molar refractivity (Wildman–Crippen MR) is 101 cm³/mol. The van der Waals surface area contributed by atoms with E-state index in [4.69, 9.17) is 9.47 Å². The lowest BCUT2D eigenvalue weighted by molar-refractivity contribution is -0.169. The molecule has 3 aromatic carbocycles. The van der Waals surface area contributed by atoms with Gasteiger partial charge >= 0.3 is 11.9 Å². The van der Waals surface area contributed by atoms with E-state index in [1.807, 2.05) is 54.6 Å². The van der Waals surface area contributed by atoms with Crippen LogP contribution in [0.25, 0.3) is 11.1 Å². The first kappa shape index (κ1) is 17.0. The second-order valence-electron chi connectivity index (χ2n) is 6.42. The minimum absolute atomic E-state index is 0.0464. The van der Waals surface area contributed by atoms with Gasteiger partial charge in [0.15, 0.2) is 0 Å². The van der Waals surface area contributed by atoms with E-state index in [0.29, 0.717) is 0 Å². The Morgan fingerprint density at radius 2 is 1.37 bits per heavy atom. The van der Waals surface area contributed by atoms with E-state index in [1.165, 1.54) is 11.1 Å². The Hall–Kier alpha value is -3.40. The van der Waals surface area contributed by atoms with Gasteiger partial charge in [0.05, 0.1) is 0 Å². The maximum atomic E-state index is 12.0. The summed E-state index contributed by atoms with van der Waals surface area (Å²) in [7, 11) is 0. The topological polar surface area (TPSA) is 52.6 Å². The molecule has 0 N–H and O–H groups in total. The Morgan fingerprint density at radius 1 is 0.704 bits per heavy atom. The van der Waals surface area contributed by atoms with Gasteiger partial charge in [0, 0.05) is 0 Å². The second-order valence-corrected chi connectivity index (χ2v) is 6.42. The van der Waals surface area contributed by atoms with Crippen LogP contribution in [0.2, 0.25) is 0 Å². The standard InChI is InChI=1S/C23H18O4/c24-22(26-14-16-7-2-1-3-8-16)23(25)27-15-18-10-6-12-20-19-11-5-4-9-17(19)13-21(18)20/h1-12H,13-15H2. The summed E-state index contributed by atoms with van der Waals surface area (Å²) in [6, 6.07) is 23.4. The molecular weight excluding hydrogens is 340 g/mol. The number of esters is 2. The zero-order valence-corrected chi connectivity index (χ0v) is 14.7. The lowest BCUT2D eigenvalue weighted by Gasteiger charge is -2.09. The summed E-state index contributed by atoms with van der Waals surface area (Å²) >= 11 is 0. The zero-order valence-electron chi connectivity index (χ0n) is 14.7. The molecule has 0 fully saturated rings. The quantitative estimate of drug-likeness (QED) is 0.408. The molecule has 0 heterocycles. The van der Waals surface area contributed by atoms with Crippen LogP contribution in [0.5, 0.6) is 0 Å². The van der Waals surface area contributed by atoms with Crippen LogP contribution in [0.3, 0.4) is 0 Å². The summed E-state index contributed by atoms with van der Waals surface area (Å²) in [5.41, 5.74) is 6.50. The molecule has 27 heavy (non-hydrogen) atoms. The van der Waals surface area contributed by atoms with Crippen molar-refractivity contribution < 1.29 is 19.1 Å². The highest BCUT2D eigenvalue weighted by Gasteiger charge is 2.22. The van der Waals surface area contributed by atoms with Crippen molar-refractivity contribution in [3.63, 3.8) is 0 Å². The maximum absolute atomic E-state index is 12.0. The molecule has 0 amide bonds. The van der Waals surface area contributed by atoms with Crippen molar-refractivity contribution in [2.24, 2.45) is 0 Å². The third-order valence-electron chi connectivity index (χ3n) is 4.69. The summed E-state index contributed by atoms with van der Waals surface area (Å²) in [6.45, 7) is 0.0985. The number of hydrogen-bond donors (Lipinski definition) is 0. The van der Waals surface area contributed by atoms with Crippen LogP contribution < -0.4 is 0 Å². The molecule has 4 rings (SSSR count). The van der Waals surface area contributed by atoms with E-state index in [-0.39, 0.29) is 13.2 Å². The number of ether oxygens (including phenoxy) is 2.